The third-order valence-corrected chi connectivity index (χ3v) is 3.99. The van der Waals surface area contributed by atoms with E-state index in [1.165, 1.54) is 31.2 Å². The number of nitrogens with zero attached hydrogens (tertiary/aromatic N) is 1. The fourth-order valence-electron chi connectivity index (χ4n) is 2.44. The second kappa shape index (κ2) is 4.76. The van der Waals surface area contributed by atoms with Gasteiger partial charge in [0.15, 0.2) is 4.77 Å². The van der Waals surface area contributed by atoms with E-state index in [0.29, 0.717) is 0 Å². The van der Waals surface area contributed by atoms with Gasteiger partial charge in [0.1, 0.15) is 5.75 Å². The molecule has 1 aromatic carbocycles. The van der Waals surface area contributed by atoms with Crippen LogP contribution in [-0.4, -0.2) is 16.7 Å². The summed E-state index contributed by atoms with van der Waals surface area (Å²) in [4.78, 5) is 3.25. The van der Waals surface area contributed by atoms with Crippen LogP contribution < -0.4 is 4.74 Å². The molecule has 0 unspecified atom stereocenters. The number of hydrogen-bond acceptors (Lipinski definition) is 2. The van der Waals surface area contributed by atoms with Crippen molar-refractivity contribution in [3.05, 3.63) is 23.0 Å². The van der Waals surface area contributed by atoms with Crippen molar-refractivity contribution in [2.75, 3.05) is 7.11 Å². The highest BCUT2D eigenvalue weighted by Crippen LogP contribution is 2.33. The summed E-state index contributed by atoms with van der Waals surface area (Å²) in [5.74, 6) is 1.85. The fraction of sp³-hybridized carbons (Fsp3) is 0.500. The molecule has 4 heteroatoms. The molecule has 1 N–H and O–H groups in total. The Balaban J connectivity index is 1.85. The number of ether oxygens (including phenoxy) is 1. The Morgan fingerprint density at radius 1 is 1.44 bits per heavy atom. The Bertz CT molecular complexity index is 610. The van der Waals surface area contributed by atoms with E-state index < -0.39 is 0 Å². The number of methoxy groups -OCH3 is 1. The lowest BCUT2D eigenvalue weighted by atomic mass is 10.2. The van der Waals surface area contributed by atoms with Crippen LogP contribution in [0.2, 0.25) is 0 Å². The minimum Gasteiger partial charge on any atom is -0.497 e. The molecule has 1 aromatic heterocycles. The van der Waals surface area contributed by atoms with Crippen molar-refractivity contribution in [2.45, 2.75) is 32.2 Å². The van der Waals surface area contributed by atoms with E-state index in [2.05, 4.69) is 15.6 Å². The Kier molecular flexibility index (Phi) is 3.12. The van der Waals surface area contributed by atoms with E-state index in [1.54, 1.807) is 7.11 Å². The number of hydrogen-bond donors (Lipinski definition) is 1. The topological polar surface area (TPSA) is 29.9 Å². The van der Waals surface area contributed by atoms with Gasteiger partial charge in [-0.25, -0.2) is 0 Å². The predicted octanol–water partition coefficient (Wildman–Crippen LogP) is 3.90. The van der Waals surface area contributed by atoms with Crippen molar-refractivity contribution in [3.63, 3.8) is 0 Å². The maximum absolute atomic E-state index is 5.39. The highest BCUT2D eigenvalue weighted by molar-refractivity contribution is 7.71. The second-order valence-electron chi connectivity index (χ2n) is 5.05. The minimum absolute atomic E-state index is 0.814. The summed E-state index contributed by atoms with van der Waals surface area (Å²) in [5, 5.41) is 0. The molecule has 0 saturated heterocycles. The first-order valence-corrected chi connectivity index (χ1v) is 6.95. The summed E-state index contributed by atoms with van der Waals surface area (Å²) in [7, 11) is 1.68. The van der Waals surface area contributed by atoms with Gasteiger partial charge < -0.3 is 14.3 Å². The number of aromatic amines is 1. The van der Waals surface area contributed by atoms with Gasteiger partial charge in [-0.2, -0.15) is 0 Å². The molecule has 18 heavy (non-hydrogen) atoms. The van der Waals surface area contributed by atoms with Crippen molar-refractivity contribution in [3.8, 4) is 5.75 Å². The normalized spacial score (nSPS) is 15.2. The molecule has 1 heterocycles. The molecule has 1 aliphatic rings. The van der Waals surface area contributed by atoms with E-state index >= 15 is 0 Å². The van der Waals surface area contributed by atoms with E-state index in [9.17, 15) is 0 Å². The summed E-state index contributed by atoms with van der Waals surface area (Å²) in [6.07, 6.45) is 5.41. The average molecular weight is 262 g/mol. The van der Waals surface area contributed by atoms with Crippen molar-refractivity contribution < 1.29 is 4.74 Å². The first kappa shape index (κ1) is 11.8. The van der Waals surface area contributed by atoms with E-state index in [1.807, 2.05) is 12.1 Å². The molecule has 1 saturated carbocycles. The average Bonchev–Trinajstić information content (AvgIpc) is 3.14. The first-order chi connectivity index (χ1) is 8.78. The molecular formula is C14H18N2OS. The van der Waals surface area contributed by atoms with Crippen molar-refractivity contribution in [1.29, 1.82) is 0 Å². The Morgan fingerprint density at radius 2 is 2.28 bits per heavy atom. The van der Waals surface area contributed by atoms with Gasteiger partial charge in [0.25, 0.3) is 0 Å². The zero-order valence-electron chi connectivity index (χ0n) is 10.6. The lowest BCUT2D eigenvalue weighted by Gasteiger charge is -2.04. The Morgan fingerprint density at radius 3 is 3.00 bits per heavy atom. The van der Waals surface area contributed by atoms with Gasteiger partial charge in [-0.05, 0) is 43.1 Å². The molecule has 0 bridgehead atoms. The Hall–Kier alpha value is -1.29. The summed E-state index contributed by atoms with van der Waals surface area (Å²) in [6.45, 7) is 1.02. The molecule has 96 valence electrons. The van der Waals surface area contributed by atoms with E-state index in [4.69, 9.17) is 17.0 Å². The van der Waals surface area contributed by atoms with Crippen LogP contribution in [0.15, 0.2) is 18.2 Å². The number of aryl methyl sites for hydroxylation is 1. The smallest absolute Gasteiger partial charge is 0.178 e. The summed E-state index contributed by atoms with van der Waals surface area (Å²) < 4.78 is 8.24. The van der Waals surface area contributed by atoms with Crippen molar-refractivity contribution >= 4 is 23.3 Å². The maximum atomic E-state index is 5.39. The molecule has 0 amide bonds. The second-order valence-corrected chi connectivity index (χ2v) is 5.44. The lowest BCUT2D eigenvalue weighted by Crippen LogP contribution is -1.98. The van der Waals surface area contributed by atoms with Gasteiger partial charge in [0, 0.05) is 12.6 Å². The molecule has 1 fully saturated rings. The molecule has 0 radical (unpaired) electrons. The quantitative estimate of drug-likeness (QED) is 0.828. The number of imidazole rings is 1. The van der Waals surface area contributed by atoms with Gasteiger partial charge in [0.2, 0.25) is 0 Å². The van der Waals surface area contributed by atoms with Crippen LogP contribution >= 0.6 is 12.2 Å². The molecule has 1 aliphatic carbocycles. The number of benzene rings is 1. The molecular weight excluding hydrogens is 244 g/mol. The summed E-state index contributed by atoms with van der Waals surface area (Å²) >= 11 is 5.39. The highest BCUT2D eigenvalue weighted by Gasteiger charge is 2.20. The predicted molar refractivity (Wildman–Crippen MR) is 75.6 cm³/mol. The van der Waals surface area contributed by atoms with Gasteiger partial charge in [-0.1, -0.05) is 12.8 Å². The number of fused-ring (bicyclic) bond motifs is 1. The van der Waals surface area contributed by atoms with Crippen molar-refractivity contribution in [2.24, 2.45) is 5.92 Å². The molecule has 2 aromatic rings. The standard InChI is InChI=1S/C14H18N2OS/c1-17-11-6-7-13-12(9-11)15-14(18)16(13)8-2-3-10-4-5-10/h6-7,9-10H,2-5,8H2,1H3,(H,15,18). The SMILES string of the molecule is COc1ccc2c(c1)[nH]c(=S)n2CCCC1CC1. The lowest BCUT2D eigenvalue weighted by molar-refractivity contribution is 0.415. The summed E-state index contributed by atoms with van der Waals surface area (Å²) in [5.41, 5.74) is 2.24. The van der Waals surface area contributed by atoms with Crippen LogP contribution in [-0.2, 0) is 6.54 Å². The number of aromatic nitrogens is 2. The third kappa shape index (κ3) is 2.29. The number of nitrogens with one attached hydrogen (secondary N) is 1. The third-order valence-electron chi connectivity index (χ3n) is 3.67. The fourth-order valence-corrected chi connectivity index (χ4v) is 2.74. The van der Waals surface area contributed by atoms with Crippen molar-refractivity contribution in [1.82, 2.24) is 9.55 Å². The first-order valence-electron chi connectivity index (χ1n) is 6.54. The van der Waals surface area contributed by atoms with Gasteiger partial charge in [-0.15, -0.1) is 0 Å². The molecule has 3 nitrogen and oxygen atoms in total. The number of H-pyrrole nitrogens is 1. The zero-order chi connectivity index (χ0) is 12.5. The monoisotopic (exact) mass is 262 g/mol. The van der Waals surface area contributed by atoms with Crippen LogP contribution in [0.1, 0.15) is 25.7 Å². The minimum atomic E-state index is 0.814. The maximum Gasteiger partial charge on any atom is 0.178 e. The summed E-state index contributed by atoms with van der Waals surface area (Å²) in [6, 6.07) is 6.07. The van der Waals surface area contributed by atoms with Gasteiger partial charge in [0.05, 0.1) is 18.1 Å². The van der Waals surface area contributed by atoms with Crippen LogP contribution in [0.25, 0.3) is 11.0 Å². The molecule has 3 rings (SSSR count). The van der Waals surface area contributed by atoms with Crippen LogP contribution in [0, 0.1) is 10.7 Å². The largest absolute Gasteiger partial charge is 0.497 e. The molecule has 0 aliphatic heterocycles. The van der Waals surface area contributed by atoms with Gasteiger partial charge in [-0.3, -0.25) is 0 Å². The zero-order valence-corrected chi connectivity index (χ0v) is 11.4. The van der Waals surface area contributed by atoms with E-state index in [0.717, 1.165) is 28.5 Å². The molecule has 0 spiro atoms. The Labute approximate surface area is 112 Å². The van der Waals surface area contributed by atoms with Crippen LogP contribution in [0.4, 0.5) is 0 Å². The van der Waals surface area contributed by atoms with Gasteiger partial charge >= 0.3 is 0 Å². The number of rotatable bonds is 5. The molecule has 0 atom stereocenters. The van der Waals surface area contributed by atoms with E-state index in [-0.39, 0.29) is 0 Å². The van der Waals surface area contributed by atoms with Crippen LogP contribution in [0.5, 0.6) is 5.75 Å². The highest BCUT2D eigenvalue weighted by atomic mass is 32.1. The van der Waals surface area contributed by atoms with Crippen LogP contribution in [0.3, 0.4) is 0 Å².